The van der Waals surface area contributed by atoms with Crippen LogP contribution in [0.3, 0.4) is 0 Å². The lowest BCUT2D eigenvalue weighted by Gasteiger charge is -2.22. The van der Waals surface area contributed by atoms with Gasteiger partial charge in [-0.3, -0.25) is 0 Å². The van der Waals surface area contributed by atoms with E-state index >= 15 is 0 Å². The second kappa shape index (κ2) is 27.6. The number of nitrogens with zero attached hydrogens (tertiary/aromatic N) is 3. The first kappa shape index (κ1) is 55.8. The van der Waals surface area contributed by atoms with E-state index in [2.05, 4.69) is 20.3 Å². The van der Waals surface area contributed by atoms with Crippen LogP contribution in [0.15, 0.2) is 113 Å². The molecule has 0 aliphatic heterocycles. The van der Waals surface area contributed by atoms with Crippen LogP contribution in [0.25, 0.3) is 10.1 Å². The SMILES string of the molecule is COc1ccc(COC(=O)NCCCCN(CCCNC(=O)OCc2ccc(OC)cc2)CCCOc2ccc3sc(S(=O)(=O)NCP(=O)(Oc4ccc(C#N)c(F)c4)Oc4ccc(C#N)c(F)c4)cc3c2)cc1. The lowest BCUT2D eigenvalue weighted by Crippen LogP contribution is -2.32. The minimum absolute atomic E-state index is 0.110. The van der Waals surface area contributed by atoms with Crippen LogP contribution < -0.4 is 38.6 Å². The fraction of sp³-hybridized carbons (Fsp3) is 0.294. The Bertz CT molecular complexity index is 3030. The zero-order valence-corrected chi connectivity index (χ0v) is 42.9. The number of nitrogens with one attached hydrogen (secondary N) is 3. The van der Waals surface area contributed by atoms with Crippen molar-refractivity contribution in [3.05, 3.63) is 143 Å². The number of unbranched alkanes of at least 4 members (excludes halogenated alkanes) is 1. The molecule has 0 fully saturated rings. The molecule has 0 aliphatic carbocycles. The van der Waals surface area contributed by atoms with Gasteiger partial charge < -0.3 is 48.3 Å². The number of carbonyl (C=O) groups excluding carboxylic acids is 2. The summed E-state index contributed by atoms with van der Waals surface area (Å²) in [4.78, 5) is 27.0. The van der Waals surface area contributed by atoms with Crippen molar-refractivity contribution < 1.29 is 64.1 Å². The maximum absolute atomic E-state index is 14.5. The van der Waals surface area contributed by atoms with E-state index in [4.69, 9.17) is 43.3 Å². The maximum atomic E-state index is 14.5. The summed E-state index contributed by atoms with van der Waals surface area (Å²) < 4.78 is 111. The number of alkyl carbamates (subject to hydrolysis) is 2. The Balaban J connectivity index is 1.01. The Kier molecular flexibility index (Phi) is 20.8. The molecule has 6 aromatic rings. The van der Waals surface area contributed by atoms with Gasteiger partial charge in [0.05, 0.1) is 32.0 Å². The number of fused-ring (bicyclic) bond motifs is 1. The van der Waals surface area contributed by atoms with E-state index in [1.54, 1.807) is 68.8 Å². The van der Waals surface area contributed by atoms with Gasteiger partial charge in [-0.05, 0) is 128 Å². The number of carbonyl (C=O) groups is 2. The van der Waals surface area contributed by atoms with Gasteiger partial charge in [0, 0.05) is 36.5 Å². The summed E-state index contributed by atoms with van der Waals surface area (Å²) in [5, 5.41) is 24.3. The minimum Gasteiger partial charge on any atom is -0.497 e. The Morgan fingerprint density at radius 2 is 1.15 bits per heavy atom. The lowest BCUT2D eigenvalue weighted by molar-refractivity contribution is 0.137. The fourth-order valence-corrected chi connectivity index (χ4v) is 11.4. The molecule has 23 heteroatoms. The molecule has 1 heterocycles. The van der Waals surface area contributed by atoms with Crippen LogP contribution in [0.1, 0.15) is 47.9 Å². The van der Waals surface area contributed by atoms with E-state index in [0.29, 0.717) is 85.9 Å². The molecule has 0 aliphatic rings. The van der Waals surface area contributed by atoms with Gasteiger partial charge in [-0.2, -0.15) is 15.2 Å². The van der Waals surface area contributed by atoms with Crippen LogP contribution in [-0.4, -0.2) is 85.3 Å². The molecule has 3 N–H and O–H groups in total. The largest absolute Gasteiger partial charge is 0.497 e. The van der Waals surface area contributed by atoms with Crippen LogP contribution in [0, 0.1) is 34.3 Å². The molecule has 0 spiro atoms. The van der Waals surface area contributed by atoms with E-state index in [-0.39, 0.29) is 40.0 Å². The first-order valence-corrected chi connectivity index (χ1v) is 27.0. The molecular formula is C51H53F2N6O12PS2. The standard InChI is InChI=1S/C51H53F2N6O12PS2/c1-65-41-13-7-36(8-14-41)33-68-50(60)56-21-3-4-23-59(24-5-22-57-51(61)69-34-37-9-15-42(66-2)16-10-37)25-6-26-67-43-19-20-48-40(27-43)28-49(73-48)74(63,64)58-35-72(62,70-44-17-11-38(31-54)46(52)29-44)71-45-18-12-39(32-55)47(53)30-45/h7-20,27-30,58H,3-6,21-26,33-35H2,1-2H3,(H,56,60)(H,57,61). The van der Waals surface area contributed by atoms with Gasteiger partial charge in [0.15, 0.2) is 0 Å². The zero-order valence-electron chi connectivity index (χ0n) is 40.3. The number of nitriles is 2. The minimum atomic E-state index is -4.64. The van der Waals surface area contributed by atoms with Crippen LogP contribution >= 0.6 is 18.9 Å². The number of sulfonamides is 1. The van der Waals surface area contributed by atoms with E-state index in [9.17, 15) is 31.4 Å². The van der Waals surface area contributed by atoms with Crippen LogP contribution in [-0.2, 0) is 37.3 Å². The molecule has 18 nitrogen and oxygen atoms in total. The summed E-state index contributed by atoms with van der Waals surface area (Å²) >= 11 is 0.928. The molecule has 0 saturated carbocycles. The quantitative estimate of drug-likeness (QED) is 0.0306. The number of hydrogen-bond donors (Lipinski definition) is 3. The third-order valence-corrected chi connectivity index (χ3v) is 15.6. The maximum Gasteiger partial charge on any atom is 0.445 e. The highest BCUT2D eigenvalue weighted by Gasteiger charge is 2.32. The van der Waals surface area contributed by atoms with Gasteiger partial charge in [0.1, 0.15) is 76.2 Å². The molecule has 0 saturated heterocycles. The highest BCUT2D eigenvalue weighted by atomic mass is 32.2. The van der Waals surface area contributed by atoms with Gasteiger partial charge in [-0.1, -0.05) is 24.3 Å². The average Bonchev–Trinajstić information content (AvgIpc) is 3.84. The first-order valence-electron chi connectivity index (χ1n) is 23.0. The van der Waals surface area contributed by atoms with Crippen molar-refractivity contribution in [1.29, 1.82) is 10.5 Å². The van der Waals surface area contributed by atoms with Crippen LogP contribution in [0.4, 0.5) is 18.4 Å². The van der Waals surface area contributed by atoms with E-state index in [1.165, 1.54) is 6.07 Å². The Labute approximate surface area is 431 Å². The molecule has 0 atom stereocenters. The lowest BCUT2D eigenvalue weighted by atomic mass is 10.2. The highest BCUT2D eigenvalue weighted by Crippen LogP contribution is 2.48. The van der Waals surface area contributed by atoms with Gasteiger partial charge in [-0.25, -0.2) is 31.4 Å². The summed E-state index contributed by atoms with van der Waals surface area (Å²) in [6, 6.07) is 30.2. The third kappa shape index (κ3) is 17.4. The monoisotopic (exact) mass is 1070 g/mol. The highest BCUT2D eigenvalue weighted by molar-refractivity contribution is 7.92. The molecule has 0 radical (unpaired) electrons. The number of amides is 2. The Hall–Kier alpha value is -7.46. The van der Waals surface area contributed by atoms with Crippen molar-refractivity contribution in [3.63, 3.8) is 0 Å². The molecule has 1 aromatic heterocycles. The molecular weight excluding hydrogens is 1020 g/mol. The normalized spacial score (nSPS) is 11.3. The molecule has 74 heavy (non-hydrogen) atoms. The first-order chi connectivity index (χ1) is 35.7. The number of methoxy groups -OCH3 is 2. The molecule has 390 valence electrons. The van der Waals surface area contributed by atoms with Crippen molar-refractivity contribution in [1.82, 2.24) is 20.3 Å². The van der Waals surface area contributed by atoms with E-state index < -0.39 is 47.7 Å². The number of hydrogen-bond acceptors (Lipinski definition) is 16. The molecule has 0 unspecified atom stereocenters. The summed E-state index contributed by atoms with van der Waals surface area (Å²) in [5.41, 5.74) is 0.990. The predicted octanol–water partition coefficient (Wildman–Crippen LogP) is 9.62. The second-order valence-corrected chi connectivity index (χ2v) is 21.2. The summed E-state index contributed by atoms with van der Waals surface area (Å²) in [5.74, 6) is -0.832. The topological polar surface area (TPSA) is 237 Å². The molecule has 0 bridgehead atoms. The summed E-state index contributed by atoms with van der Waals surface area (Å²) in [7, 11) is -5.88. The van der Waals surface area contributed by atoms with Crippen molar-refractivity contribution in [2.75, 3.05) is 59.8 Å². The van der Waals surface area contributed by atoms with Crippen molar-refractivity contribution in [2.45, 2.75) is 43.1 Å². The molecule has 2 amide bonds. The van der Waals surface area contributed by atoms with Crippen LogP contribution in [0.2, 0.25) is 0 Å². The smallest absolute Gasteiger partial charge is 0.445 e. The van der Waals surface area contributed by atoms with Gasteiger partial charge in [-0.15, -0.1) is 11.3 Å². The zero-order chi connectivity index (χ0) is 52.9. The summed E-state index contributed by atoms with van der Waals surface area (Å²) in [6.45, 7) is 3.34. The molecule has 5 aromatic carbocycles. The van der Waals surface area contributed by atoms with Crippen molar-refractivity contribution >= 4 is 51.2 Å². The Morgan fingerprint density at radius 3 is 1.68 bits per heavy atom. The van der Waals surface area contributed by atoms with Gasteiger partial charge in [0.25, 0.3) is 10.0 Å². The molecule has 6 rings (SSSR count). The predicted molar refractivity (Wildman–Crippen MR) is 271 cm³/mol. The van der Waals surface area contributed by atoms with Gasteiger partial charge in [0.2, 0.25) is 0 Å². The van der Waals surface area contributed by atoms with Crippen LogP contribution in [0.5, 0.6) is 28.7 Å². The number of halogens is 2. The number of ether oxygens (including phenoxy) is 5. The van der Waals surface area contributed by atoms with Gasteiger partial charge >= 0.3 is 19.8 Å². The van der Waals surface area contributed by atoms with Crippen molar-refractivity contribution in [3.8, 4) is 40.9 Å². The third-order valence-electron chi connectivity index (χ3n) is 10.8. The average molecular weight is 1080 g/mol. The summed E-state index contributed by atoms with van der Waals surface area (Å²) in [6.07, 6.45) is 0.670. The van der Waals surface area contributed by atoms with E-state index in [1.807, 2.05) is 24.3 Å². The second-order valence-electron chi connectivity index (χ2n) is 16.2. The Morgan fingerprint density at radius 1 is 0.649 bits per heavy atom. The van der Waals surface area contributed by atoms with Crippen molar-refractivity contribution in [2.24, 2.45) is 0 Å². The van der Waals surface area contributed by atoms with E-state index in [0.717, 1.165) is 65.3 Å². The number of rotatable bonds is 28. The fourth-order valence-electron chi connectivity index (χ4n) is 6.95. The number of benzene rings is 5. The number of thiophene rings is 1.